The first kappa shape index (κ1) is 13.2. The van der Waals surface area contributed by atoms with Crippen molar-refractivity contribution in [3.63, 3.8) is 0 Å². The minimum Gasteiger partial charge on any atom is -0.347 e. The van der Waals surface area contributed by atoms with Crippen molar-refractivity contribution in [1.29, 1.82) is 0 Å². The molecule has 5 heteroatoms. The third kappa shape index (κ3) is 2.62. The van der Waals surface area contributed by atoms with Gasteiger partial charge in [-0.15, -0.1) is 0 Å². The molecule has 0 saturated carbocycles. The van der Waals surface area contributed by atoms with Crippen LogP contribution in [0.15, 0.2) is 12.3 Å². The minimum atomic E-state index is 0.182. The normalized spacial score (nSPS) is 24.4. The molecule has 1 fully saturated rings. The van der Waals surface area contributed by atoms with Gasteiger partial charge in [0.05, 0.1) is 11.7 Å². The molecule has 2 heterocycles. The Bertz CT molecular complexity index is 391. The van der Waals surface area contributed by atoms with Gasteiger partial charge in [-0.1, -0.05) is 6.92 Å². The van der Waals surface area contributed by atoms with Crippen LogP contribution in [-0.4, -0.2) is 48.1 Å². The van der Waals surface area contributed by atoms with Crippen molar-refractivity contribution >= 4 is 5.95 Å². The van der Waals surface area contributed by atoms with E-state index in [4.69, 9.17) is 5.73 Å². The fourth-order valence-electron chi connectivity index (χ4n) is 2.57. The van der Waals surface area contributed by atoms with Gasteiger partial charge in [0, 0.05) is 32.9 Å². The number of hydrogen-bond donors (Lipinski definition) is 1. The third-order valence-corrected chi connectivity index (χ3v) is 3.43. The summed E-state index contributed by atoms with van der Waals surface area (Å²) in [6, 6.07) is 2.42. The van der Waals surface area contributed by atoms with Gasteiger partial charge in [-0.05, 0) is 25.5 Å². The molecule has 2 rings (SSSR count). The standard InChI is InChI=1S/C13H23N5/c1-4-8-18-9-6-10(14)12(18)11-5-7-15-13(16-11)17(2)3/h5,7,10,12H,4,6,8-9,14H2,1-3H3. The summed E-state index contributed by atoms with van der Waals surface area (Å²) in [7, 11) is 3.91. The number of likely N-dealkylation sites (tertiary alicyclic amines) is 1. The second-order valence-corrected chi connectivity index (χ2v) is 5.11. The lowest BCUT2D eigenvalue weighted by atomic mass is 10.1. The summed E-state index contributed by atoms with van der Waals surface area (Å²) in [5.41, 5.74) is 7.29. The Labute approximate surface area is 109 Å². The lowest BCUT2D eigenvalue weighted by molar-refractivity contribution is 0.244. The molecule has 1 aliphatic heterocycles. The van der Waals surface area contributed by atoms with E-state index in [1.54, 1.807) is 0 Å². The van der Waals surface area contributed by atoms with Crippen LogP contribution in [0.5, 0.6) is 0 Å². The van der Waals surface area contributed by atoms with Gasteiger partial charge in [-0.2, -0.15) is 0 Å². The molecule has 0 radical (unpaired) electrons. The molecular formula is C13H23N5. The van der Waals surface area contributed by atoms with Gasteiger partial charge in [-0.25, -0.2) is 9.97 Å². The van der Waals surface area contributed by atoms with Crippen LogP contribution in [0.4, 0.5) is 5.95 Å². The van der Waals surface area contributed by atoms with Gasteiger partial charge in [0.15, 0.2) is 0 Å². The highest BCUT2D eigenvalue weighted by atomic mass is 15.2. The molecule has 2 atom stereocenters. The minimum absolute atomic E-state index is 0.182. The predicted molar refractivity (Wildman–Crippen MR) is 73.6 cm³/mol. The molecule has 2 N–H and O–H groups in total. The average Bonchev–Trinajstić information content (AvgIpc) is 2.71. The number of hydrogen-bond acceptors (Lipinski definition) is 5. The second-order valence-electron chi connectivity index (χ2n) is 5.11. The first-order valence-corrected chi connectivity index (χ1v) is 6.63. The fourth-order valence-corrected chi connectivity index (χ4v) is 2.57. The molecule has 18 heavy (non-hydrogen) atoms. The molecule has 0 spiro atoms. The van der Waals surface area contributed by atoms with Gasteiger partial charge in [0.25, 0.3) is 0 Å². The number of nitrogens with two attached hydrogens (primary N) is 1. The molecule has 100 valence electrons. The van der Waals surface area contributed by atoms with E-state index in [1.165, 1.54) is 0 Å². The van der Waals surface area contributed by atoms with Crippen molar-refractivity contribution in [2.45, 2.75) is 31.8 Å². The molecule has 5 nitrogen and oxygen atoms in total. The topological polar surface area (TPSA) is 58.3 Å². The largest absolute Gasteiger partial charge is 0.347 e. The van der Waals surface area contributed by atoms with Gasteiger partial charge in [0.2, 0.25) is 5.95 Å². The number of rotatable bonds is 4. The molecule has 1 saturated heterocycles. The zero-order chi connectivity index (χ0) is 13.1. The first-order valence-electron chi connectivity index (χ1n) is 6.63. The summed E-state index contributed by atoms with van der Waals surface area (Å²) in [6.45, 7) is 4.35. The van der Waals surface area contributed by atoms with Gasteiger partial charge in [-0.3, -0.25) is 4.90 Å². The van der Waals surface area contributed by atoms with Crippen LogP contribution in [0.1, 0.15) is 31.5 Å². The SMILES string of the molecule is CCCN1CCC(N)C1c1ccnc(N(C)C)n1. The zero-order valence-electron chi connectivity index (χ0n) is 11.5. The summed E-state index contributed by atoms with van der Waals surface area (Å²) in [6.07, 6.45) is 4.02. The summed E-state index contributed by atoms with van der Waals surface area (Å²) in [4.78, 5) is 13.3. The first-order chi connectivity index (χ1) is 8.63. The third-order valence-electron chi connectivity index (χ3n) is 3.43. The van der Waals surface area contributed by atoms with Crippen molar-refractivity contribution in [3.05, 3.63) is 18.0 Å². The smallest absolute Gasteiger partial charge is 0.225 e. The van der Waals surface area contributed by atoms with E-state index in [-0.39, 0.29) is 12.1 Å². The van der Waals surface area contributed by atoms with Crippen molar-refractivity contribution in [2.24, 2.45) is 5.73 Å². The van der Waals surface area contributed by atoms with E-state index in [1.807, 2.05) is 31.3 Å². The Kier molecular flexibility index (Phi) is 4.14. The average molecular weight is 249 g/mol. The van der Waals surface area contributed by atoms with Gasteiger partial charge < -0.3 is 10.6 Å². The van der Waals surface area contributed by atoms with Gasteiger partial charge in [0.1, 0.15) is 0 Å². The zero-order valence-corrected chi connectivity index (χ0v) is 11.5. The van der Waals surface area contributed by atoms with Gasteiger partial charge >= 0.3 is 0 Å². The highest BCUT2D eigenvalue weighted by molar-refractivity contribution is 5.29. The van der Waals surface area contributed by atoms with E-state index in [9.17, 15) is 0 Å². The highest BCUT2D eigenvalue weighted by Gasteiger charge is 2.33. The van der Waals surface area contributed by atoms with Crippen molar-refractivity contribution in [3.8, 4) is 0 Å². The van der Waals surface area contributed by atoms with Crippen LogP contribution in [-0.2, 0) is 0 Å². The fraction of sp³-hybridized carbons (Fsp3) is 0.692. The van der Waals surface area contributed by atoms with E-state index in [0.29, 0.717) is 0 Å². The number of aromatic nitrogens is 2. The molecule has 0 amide bonds. The predicted octanol–water partition coefficient (Wildman–Crippen LogP) is 1.03. The lowest BCUT2D eigenvalue weighted by Crippen LogP contribution is -2.33. The number of nitrogens with zero attached hydrogens (tertiary/aromatic N) is 4. The molecule has 1 aliphatic rings. The summed E-state index contributed by atoms with van der Waals surface area (Å²) < 4.78 is 0. The Morgan fingerprint density at radius 1 is 1.50 bits per heavy atom. The molecule has 0 aliphatic carbocycles. The quantitative estimate of drug-likeness (QED) is 0.863. The summed E-state index contributed by atoms with van der Waals surface area (Å²) in [5, 5.41) is 0. The van der Waals surface area contributed by atoms with Crippen molar-refractivity contribution < 1.29 is 0 Å². The van der Waals surface area contributed by atoms with Crippen LogP contribution in [0.25, 0.3) is 0 Å². The second kappa shape index (κ2) is 5.63. The maximum Gasteiger partial charge on any atom is 0.225 e. The maximum atomic E-state index is 6.24. The molecular weight excluding hydrogens is 226 g/mol. The van der Waals surface area contributed by atoms with Crippen LogP contribution in [0.2, 0.25) is 0 Å². The summed E-state index contributed by atoms with van der Waals surface area (Å²) >= 11 is 0. The molecule has 1 aromatic rings. The lowest BCUT2D eigenvalue weighted by Gasteiger charge is -2.26. The molecule has 2 unspecified atom stereocenters. The van der Waals surface area contributed by atoms with Crippen LogP contribution in [0, 0.1) is 0 Å². The summed E-state index contributed by atoms with van der Waals surface area (Å²) in [5.74, 6) is 0.753. The molecule has 1 aromatic heterocycles. The Morgan fingerprint density at radius 3 is 2.94 bits per heavy atom. The van der Waals surface area contributed by atoms with E-state index in [2.05, 4.69) is 21.8 Å². The Balaban J connectivity index is 2.25. The Morgan fingerprint density at radius 2 is 2.28 bits per heavy atom. The molecule has 0 bridgehead atoms. The molecule has 0 aromatic carbocycles. The monoisotopic (exact) mass is 249 g/mol. The van der Waals surface area contributed by atoms with Crippen LogP contribution < -0.4 is 10.6 Å². The Hall–Kier alpha value is -1.20. The van der Waals surface area contributed by atoms with E-state index >= 15 is 0 Å². The maximum absolute atomic E-state index is 6.24. The highest BCUT2D eigenvalue weighted by Crippen LogP contribution is 2.30. The van der Waals surface area contributed by atoms with Crippen LogP contribution >= 0.6 is 0 Å². The van der Waals surface area contributed by atoms with Crippen molar-refractivity contribution in [2.75, 3.05) is 32.1 Å². The number of anilines is 1. The van der Waals surface area contributed by atoms with Crippen LogP contribution in [0.3, 0.4) is 0 Å². The van der Waals surface area contributed by atoms with E-state index < -0.39 is 0 Å². The van der Waals surface area contributed by atoms with E-state index in [0.717, 1.165) is 37.6 Å². The van der Waals surface area contributed by atoms with Crippen molar-refractivity contribution in [1.82, 2.24) is 14.9 Å².